The van der Waals surface area contributed by atoms with Gasteiger partial charge >= 0.3 is 12.1 Å². The number of rotatable bonds is 3. The van der Waals surface area contributed by atoms with Crippen molar-refractivity contribution in [2.45, 2.75) is 6.04 Å². The second kappa shape index (κ2) is 7.55. The predicted molar refractivity (Wildman–Crippen MR) is 120 cm³/mol. The molecular formula is C23H17BrN4O3. The highest BCUT2D eigenvalue weighted by Gasteiger charge is 2.38. The lowest BCUT2D eigenvalue weighted by molar-refractivity contribution is 0.0993. The number of hydrogen-bond acceptors (Lipinski definition) is 4. The normalized spacial score (nSPS) is 15.2. The largest absolute Gasteiger partial charge is 0.414 e. The average molecular weight is 477 g/mol. The van der Waals surface area contributed by atoms with Gasteiger partial charge in [0.25, 0.3) is 5.91 Å². The van der Waals surface area contributed by atoms with Crippen LogP contribution in [0.5, 0.6) is 6.01 Å². The molecule has 0 saturated heterocycles. The number of benzene rings is 3. The van der Waals surface area contributed by atoms with E-state index in [0.29, 0.717) is 16.6 Å². The number of anilines is 1. The van der Waals surface area contributed by atoms with Gasteiger partial charge in [-0.1, -0.05) is 46.3 Å². The quantitative estimate of drug-likeness (QED) is 0.444. The Bertz CT molecular complexity index is 1330. The van der Waals surface area contributed by atoms with E-state index in [9.17, 15) is 9.59 Å². The Morgan fingerprint density at radius 1 is 1.13 bits per heavy atom. The Morgan fingerprint density at radius 3 is 2.77 bits per heavy atom. The van der Waals surface area contributed by atoms with Crippen LogP contribution >= 0.6 is 15.9 Å². The van der Waals surface area contributed by atoms with Gasteiger partial charge in [0.15, 0.2) is 0 Å². The summed E-state index contributed by atoms with van der Waals surface area (Å²) in [5.41, 5.74) is 4.71. The number of nitrogens with one attached hydrogen (secondary N) is 2. The first kappa shape index (κ1) is 19.3. The van der Waals surface area contributed by atoms with Gasteiger partial charge in [0.05, 0.1) is 17.1 Å². The Balaban J connectivity index is 1.62. The smallest absolute Gasteiger partial charge is 0.375 e. The number of carbonyl (C=O) groups excluding carboxylic acids is 2. The third-order valence-electron chi connectivity index (χ3n) is 5.24. The van der Waals surface area contributed by atoms with Crippen LogP contribution in [0.4, 0.5) is 10.5 Å². The summed E-state index contributed by atoms with van der Waals surface area (Å²) < 4.78 is 6.00. The first-order valence-corrected chi connectivity index (χ1v) is 10.4. The van der Waals surface area contributed by atoms with Gasteiger partial charge < -0.3 is 15.0 Å². The van der Waals surface area contributed by atoms with Crippen LogP contribution < -0.4 is 15.0 Å². The van der Waals surface area contributed by atoms with Crippen molar-refractivity contribution in [3.05, 3.63) is 87.9 Å². The van der Waals surface area contributed by atoms with Gasteiger partial charge in [0, 0.05) is 22.8 Å². The van der Waals surface area contributed by atoms with Crippen molar-refractivity contribution in [3.8, 4) is 6.01 Å². The first-order valence-electron chi connectivity index (χ1n) is 9.62. The van der Waals surface area contributed by atoms with Gasteiger partial charge in [-0.3, -0.25) is 9.69 Å². The number of amides is 2. The zero-order chi connectivity index (χ0) is 21.5. The van der Waals surface area contributed by atoms with Gasteiger partial charge in [-0.05, 0) is 47.5 Å². The molecule has 7 nitrogen and oxygen atoms in total. The summed E-state index contributed by atoms with van der Waals surface area (Å²) in [5.74, 6) is -0.0490. The zero-order valence-corrected chi connectivity index (χ0v) is 18.0. The van der Waals surface area contributed by atoms with E-state index >= 15 is 0 Å². The summed E-state index contributed by atoms with van der Waals surface area (Å²) in [7, 11) is 1.48. The fourth-order valence-electron chi connectivity index (χ4n) is 3.90. The number of halogens is 1. The third-order valence-corrected chi connectivity index (χ3v) is 5.74. The molecule has 0 saturated carbocycles. The fraction of sp³-hybridized carbons (Fsp3) is 0.0870. The Labute approximate surface area is 186 Å². The van der Waals surface area contributed by atoms with Gasteiger partial charge in [-0.25, -0.2) is 4.79 Å². The second-order valence-corrected chi connectivity index (χ2v) is 8.02. The minimum atomic E-state index is -0.601. The topological polar surface area (TPSA) is 87.3 Å². The van der Waals surface area contributed by atoms with Crippen molar-refractivity contribution in [3.63, 3.8) is 0 Å². The molecule has 1 aliphatic rings. The molecule has 3 aromatic carbocycles. The number of aromatic amines is 1. The monoisotopic (exact) mass is 476 g/mol. The molecule has 2 heterocycles. The molecule has 0 fully saturated rings. The highest BCUT2D eigenvalue weighted by molar-refractivity contribution is 9.10. The molecule has 31 heavy (non-hydrogen) atoms. The van der Waals surface area contributed by atoms with E-state index in [4.69, 9.17) is 4.74 Å². The SMILES string of the molecule is CNC(=O)Oc1nc2ccc(C3c4ccccc4C(=O)N3c3cccc(Br)c3)cc2[nH]1. The van der Waals surface area contributed by atoms with Gasteiger partial charge in [0.2, 0.25) is 0 Å². The number of hydrogen-bond donors (Lipinski definition) is 2. The summed E-state index contributed by atoms with van der Waals surface area (Å²) >= 11 is 3.50. The molecule has 4 aromatic rings. The highest BCUT2D eigenvalue weighted by Crippen LogP contribution is 2.42. The van der Waals surface area contributed by atoms with Crippen LogP contribution in [0.2, 0.25) is 0 Å². The standard InChI is InChI=1S/C23H17BrN4O3/c1-25-23(30)31-22-26-18-10-9-13(11-19(18)27-22)20-16-7-2-3-8-17(16)21(29)28(20)15-6-4-5-14(24)12-15/h2-12,20H,1H3,(H,25,30)(H,26,27). The van der Waals surface area contributed by atoms with E-state index in [0.717, 1.165) is 21.3 Å². The lowest BCUT2D eigenvalue weighted by Crippen LogP contribution is -2.28. The van der Waals surface area contributed by atoms with Crippen LogP contribution in [0.25, 0.3) is 11.0 Å². The van der Waals surface area contributed by atoms with Gasteiger partial charge in [0.1, 0.15) is 0 Å². The number of fused-ring (bicyclic) bond motifs is 2. The lowest BCUT2D eigenvalue weighted by Gasteiger charge is -2.26. The summed E-state index contributed by atoms with van der Waals surface area (Å²) in [4.78, 5) is 33.9. The van der Waals surface area contributed by atoms with Crippen molar-refractivity contribution in [1.82, 2.24) is 15.3 Å². The zero-order valence-electron chi connectivity index (χ0n) is 16.4. The number of ether oxygens (including phenoxy) is 1. The van der Waals surface area contributed by atoms with Crippen molar-refractivity contribution < 1.29 is 14.3 Å². The minimum Gasteiger partial charge on any atom is -0.375 e. The summed E-state index contributed by atoms with van der Waals surface area (Å²) in [6, 6.07) is 20.9. The van der Waals surface area contributed by atoms with Crippen molar-refractivity contribution in [1.29, 1.82) is 0 Å². The van der Waals surface area contributed by atoms with E-state index in [1.165, 1.54) is 7.05 Å². The van der Waals surface area contributed by atoms with E-state index in [2.05, 4.69) is 31.2 Å². The Kier molecular flexibility index (Phi) is 4.71. The van der Waals surface area contributed by atoms with Crippen LogP contribution in [0, 0.1) is 0 Å². The molecule has 0 radical (unpaired) electrons. The molecule has 1 aliphatic heterocycles. The number of imidazole rings is 1. The van der Waals surface area contributed by atoms with Crippen LogP contribution in [0.1, 0.15) is 27.5 Å². The molecule has 1 atom stereocenters. The molecule has 0 aliphatic carbocycles. The molecule has 5 rings (SSSR count). The molecule has 1 aromatic heterocycles. The van der Waals surface area contributed by atoms with Crippen LogP contribution in [-0.4, -0.2) is 29.0 Å². The maximum atomic E-state index is 13.3. The molecule has 154 valence electrons. The molecule has 8 heteroatoms. The number of carbonyl (C=O) groups is 2. The molecular weight excluding hydrogens is 460 g/mol. The van der Waals surface area contributed by atoms with Crippen LogP contribution in [0.15, 0.2) is 71.2 Å². The molecule has 2 amide bonds. The summed E-state index contributed by atoms with van der Waals surface area (Å²) in [6.07, 6.45) is -0.601. The maximum Gasteiger partial charge on any atom is 0.414 e. The highest BCUT2D eigenvalue weighted by atomic mass is 79.9. The van der Waals surface area contributed by atoms with E-state index in [1.54, 1.807) is 4.90 Å². The van der Waals surface area contributed by atoms with Crippen molar-refractivity contribution >= 4 is 44.7 Å². The first-order chi connectivity index (χ1) is 15.0. The molecule has 2 N–H and O–H groups in total. The fourth-order valence-corrected chi connectivity index (χ4v) is 4.29. The predicted octanol–water partition coefficient (Wildman–Crippen LogP) is 4.79. The van der Waals surface area contributed by atoms with Gasteiger partial charge in [-0.2, -0.15) is 4.98 Å². The van der Waals surface area contributed by atoms with Crippen molar-refractivity contribution in [2.24, 2.45) is 0 Å². The summed E-state index contributed by atoms with van der Waals surface area (Å²) in [6.45, 7) is 0. The van der Waals surface area contributed by atoms with E-state index in [1.807, 2.05) is 66.7 Å². The van der Waals surface area contributed by atoms with E-state index in [-0.39, 0.29) is 18.0 Å². The van der Waals surface area contributed by atoms with Crippen molar-refractivity contribution in [2.75, 3.05) is 11.9 Å². The third kappa shape index (κ3) is 3.34. The van der Waals surface area contributed by atoms with E-state index < -0.39 is 6.09 Å². The second-order valence-electron chi connectivity index (χ2n) is 7.10. The van der Waals surface area contributed by atoms with Gasteiger partial charge in [-0.15, -0.1) is 0 Å². The molecule has 0 spiro atoms. The Hall–Kier alpha value is -3.65. The van der Waals surface area contributed by atoms with Crippen LogP contribution in [0.3, 0.4) is 0 Å². The van der Waals surface area contributed by atoms with Crippen LogP contribution in [-0.2, 0) is 0 Å². The number of H-pyrrole nitrogens is 1. The average Bonchev–Trinajstić information content (AvgIpc) is 3.31. The molecule has 0 bridgehead atoms. The summed E-state index contributed by atoms with van der Waals surface area (Å²) in [5, 5.41) is 2.39. The number of aromatic nitrogens is 2. The minimum absolute atomic E-state index is 0.0490. The molecule has 1 unspecified atom stereocenters. The lowest BCUT2D eigenvalue weighted by atomic mass is 9.97. The maximum absolute atomic E-state index is 13.3. The number of nitrogens with zero attached hydrogens (tertiary/aromatic N) is 2. The Morgan fingerprint density at radius 2 is 1.97 bits per heavy atom.